The van der Waals surface area contributed by atoms with Crippen LogP contribution in [-0.4, -0.2) is 23.3 Å². The Bertz CT molecular complexity index is 872. The fourth-order valence-corrected chi connectivity index (χ4v) is 2.68. The van der Waals surface area contributed by atoms with Gasteiger partial charge in [-0.3, -0.25) is 14.6 Å². The van der Waals surface area contributed by atoms with Crippen LogP contribution in [0.5, 0.6) is 5.75 Å². The Labute approximate surface area is 158 Å². The molecule has 0 aliphatic heterocycles. The summed E-state index contributed by atoms with van der Waals surface area (Å²) in [7, 11) is 0. The first-order chi connectivity index (χ1) is 13.1. The first kappa shape index (κ1) is 18.3. The molecule has 0 aliphatic rings. The third-order valence-corrected chi connectivity index (χ3v) is 4.03. The van der Waals surface area contributed by atoms with Crippen LogP contribution in [0.1, 0.15) is 34.6 Å². The number of hydrogen-bond acceptors (Lipinski definition) is 4. The van der Waals surface area contributed by atoms with E-state index in [0.717, 1.165) is 11.3 Å². The number of carbonyl (C=O) groups is 2. The molecule has 1 heterocycles. The fraction of sp³-hybridized carbons (Fsp3) is 0.136. The minimum atomic E-state index is -0.368. The lowest BCUT2D eigenvalue weighted by Gasteiger charge is -2.19. The number of nitrogens with zero attached hydrogens (tertiary/aromatic N) is 1. The van der Waals surface area contributed by atoms with Crippen LogP contribution >= 0.6 is 0 Å². The summed E-state index contributed by atoms with van der Waals surface area (Å²) < 4.78 is 5.55. The van der Waals surface area contributed by atoms with Crippen molar-refractivity contribution >= 4 is 11.7 Å². The summed E-state index contributed by atoms with van der Waals surface area (Å²) in [5.41, 5.74) is 2.22. The fourth-order valence-electron chi connectivity index (χ4n) is 2.68. The maximum absolute atomic E-state index is 12.5. The van der Waals surface area contributed by atoms with Crippen LogP contribution in [0.15, 0.2) is 79.0 Å². The lowest BCUT2D eigenvalue weighted by atomic mass is 10.0. The second-order valence-electron chi connectivity index (χ2n) is 6.04. The predicted octanol–water partition coefficient (Wildman–Crippen LogP) is 3.57. The summed E-state index contributed by atoms with van der Waals surface area (Å²) in [6, 6.07) is 21.6. The van der Waals surface area contributed by atoms with E-state index in [1.807, 2.05) is 48.5 Å². The number of ketones is 1. The quantitative estimate of drug-likeness (QED) is 0.654. The molecular weight excluding hydrogens is 340 g/mol. The summed E-state index contributed by atoms with van der Waals surface area (Å²) in [6.45, 7) is 1.33. The van der Waals surface area contributed by atoms with E-state index in [0.29, 0.717) is 11.3 Å². The van der Waals surface area contributed by atoms with Gasteiger partial charge in [0, 0.05) is 11.8 Å². The van der Waals surface area contributed by atoms with Crippen molar-refractivity contribution in [3.8, 4) is 5.75 Å². The van der Waals surface area contributed by atoms with Crippen LogP contribution in [0, 0.1) is 0 Å². The first-order valence-electron chi connectivity index (χ1n) is 8.62. The summed E-state index contributed by atoms with van der Waals surface area (Å²) in [5.74, 6) is 0.152. The summed E-state index contributed by atoms with van der Waals surface area (Å²) in [6.07, 6.45) is 1.70. The van der Waals surface area contributed by atoms with Crippen LogP contribution in [0.4, 0.5) is 0 Å². The van der Waals surface area contributed by atoms with Crippen LogP contribution in [0.2, 0.25) is 0 Å². The second kappa shape index (κ2) is 8.76. The molecule has 1 aromatic heterocycles. The Balaban J connectivity index is 1.70. The molecule has 0 saturated carbocycles. The molecular formula is C22H20N2O3. The number of nitrogens with one attached hydrogen (secondary N) is 1. The van der Waals surface area contributed by atoms with Crippen LogP contribution < -0.4 is 10.1 Å². The van der Waals surface area contributed by atoms with E-state index in [-0.39, 0.29) is 24.3 Å². The Morgan fingerprint density at radius 2 is 1.78 bits per heavy atom. The van der Waals surface area contributed by atoms with Gasteiger partial charge in [0.15, 0.2) is 12.4 Å². The van der Waals surface area contributed by atoms with E-state index >= 15 is 0 Å². The van der Waals surface area contributed by atoms with E-state index in [1.165, 1.54) is 6.92 Å². The zero-order chi connectivity index (χ0) is 19.1. The Morgan fingerprint density at radius 3 is 2.48 bits per heavy atom. The maximum atomic E-state index is 12.5. The molecule has 1 unspecified atom stereocenters. The molecule has 1 N–H and O–H groups in total. The number of carbonyl (C=O) groups excluding carboxylic acids is 2. The summed E-state index contributed by atoms with van der Waals surface area (Å²) in [5, 5.41) is 2.96. The molecule has 1 atom stereocenters. The smallest absolute Gasteiger partial charge is 0.258 e. The van der Waals surface area contributed by atoms with Gasteiger partial charge in [-0.1, -0.05) is 48.5 Å². The normalized spacial score (nSPS) is 11.4. The SMILES string of the molecule is CC(=O)c1cccc(OCC(=O)NC(c2ccccc2)c2ccccn2)c1. The molecule has 0 fully saturated rings. The summed E-state index contributed by atoms with van der Waals surface area (Å²) in [4.78, 5) is 28.3. The van der Waals surface area contributed by atoms with E-state index in [9.17, 15) is 9.59 Å². The molecule has 5 nitrogen and oxygen atoms in total. The Kier molecular flexibility index (Phi) is 5.94. The molecule has 136 valence electrons. The molecule has 1 amide bonds. The highest BCUT2D eigenvalue weighted by Gasteiger charge is 2.18. The van der Waals surface area contributed by atoms with Crippen molar-refractivity contribution in [3.63, 3.8) is 0 Å². The van der Waals surface area contributed by atoms with Crippen molar-refractivity contribution in [2.75, 3.05) is 6.61 Å². The second-order valence-corrected chi connectivity index (χ2v) is 6.04. The van der Waals surface area contributed by atoms with Crippen LogP contribution in [0.3, 0.4) is 0 Å². The predicted molar refractivity (Wildman–Crippen MR) is 103 cm³/mol. The highest BCUT2D eigenvalue weighted by Crippen LogP contribution is 2.20. The third kappa shape index (κ3) is 5.01. The number of benzene rings is 2. The molecule has 0 aliphatic carbocycles. The van der Waals surface area contributed by atoms with Crippen molar-refractivity contribution in [1.29, 1.82) is 0 Å². The average Bonchev–Trinajstić information content (AvgIpc) is 2.72. The van der Waals surface area contributed by atoms with Gasteiger partial charge in [0.2, 0.25) is 0 Å². The molecule has 27 heavy (non-hydrogen) atoms. The molecule has 2 aromatic carbocycles. The van der Waals surface area contributed by atoms with Crippen LogP contribution in [0.25, 0.3) is 0 Å². The molecule has 0 saturated heterocycles. The van der Waals surface area contributed by atoms with Crippen molar-refractivity contribution in [1.82, 2.24) is 10.3 Å². The largest absolute Gasteiger partial charge is 0.484 e. The van der Waals surface area contributed by atoms with Crippen molar-refractivity contribution in [2.45, 2.75) is 13.0 Å². The Morgan fingerprint density at radius 1 is 1.00 bits per heavy atom. The first-order valence-corrected chi connectivity index (χ1v) is 8.62. The highest BCUT2D eigenvalue weighted by molar-refractivity contribution is 5.94. The van der Waals surface area contributed by atoms with Crippen molar-refractivity contribution < 1.29 is 14.3 Å². The number of hydrogen-bond donors (Lipinski definition) is 1. The van der Waals surface area contributed by atoms with Gasteiger partial charge in [-0.05, 0) is 36.8 Å². The lowest BCUT2D eigenvalue weighted by molar-refractivity contribution is -0.123. The van der Waals surface area contributed by atoms with Gasteiger partial charge >= 0.3 is 0 Å². The van der Waals surface area contributed by atoms with Gasteiger partial charge in [-0.15, -0.1) is 0 Å². The zero-order valence-corrected chi connectivity index (χ0v) is 15.0. The topological polar surface area (TPSA) is 68.3 Å². The van der Waals surface area contributed by atoms with E-state index in [2.05, 4.69) is 10.3 Å². The minimum Gasteiger partial charge on any atom is -0.484 e. The van der Waals surface area contributed by atoms with Crippen molar-refractivity contribution in [3.05, 3.63) is 95.8 Å². The van der Waals surface area contributed by atoms with E-state index < -0.39 is 0 Å². The van der Waals surface area contributed by atoms with E-state index in [4.69, 9.17) is 4.74 Å². The molecule has 3 aromatic rings. The number of ether oxygens (including phenoxy) is 1. The third-order valence-electron chi connectivity index (χ3n) is 4.03. The van der Waals surface area contributed by atoms with E-state index in [1.54, 1.807) is 30.5 Å². The molecule has 5 heteroatoms. The molecule has 0 radical (unpaired) electrons. The van der Waals surface area contributed by atoms with Gasteiger partial charge in [0.25, 0.3) is 5.91 Å². The summed E-state index contributed by atoms with van der Waals surface area (Å²) >= 11 is 0. The maximum Gasteiger partial charge on any atom is 0.258 e. The zero-order valence-electron chi connectivity index (χ0n) is 15.0. The van der Waals surface area contributed by atoms with Crippen molar-refractivity contribution in [2.24, 2.45) is 0 Å². The average molecular weight is 360 g/mol. The van der Waals surface area contributed by atoms with Gasteiger partial charge in [-0.2, -0.15) is 0 Å². The number of Topliss-reactive ketones (excluding diaryl/α,β-unsaturated/α-hetero) is 1. The number of pyridine rings is 1. The number of amides is 1. The number of rotatable bonds is 7. The monoisotopic (exact) mass is 360 g/mol. The van der Waals surface area contributed by atoms with Gasteiger partial charge in [0.05, 0.1) is 11.7 Å². The van der Waals surface area contributed by atoms with Gasteiger partial charge in [0.1, 0.15) is 5.75 Å². The number of aromatic nitrogens is 1. The van der Waals surface area contributed by atoms with Gasteiger partial charge in [-0.25, -0.2) is 0 Å². The molecule has 0 bridgehead atoms. The van der Waals surface area contributed by atoms with Crippen LogP contribution in [-0.2, 0) is 4.79 Å². The van der Waals surface area contributed by atoms with Gasteiger partial charge < -0.3 is 10.1 Å². The highest BCUT2D eigenvalue weighted by atomic mass is 16.5. The minimum absolute atomic E-state index is 0.0517. The Hall–Kier alpha value is -3.47. The molecule has 0 spiro atoms. The standard InChI is InChI=1S/C22H20N2O3/c1-16(25)18-10-7-11-19(14-18)27-15-21(26)24-22(17-8-3-2-4-9-17)20-12-5-6-13-23-20/h2-14,22H,15H2,1H3,(H,24,26). The lowest BCUT2D eigenvalue weighted by Crippen LogP contribution is -2.33. The molecule has 3 rings (SSSR count).